The molecule has 0 saturated heterocycles. The van der Waals surface area contributed by atoms with E-state index in [1.807, 2.05) is 0 Å². The van der Waals surface area contributed by atoms with Gasteiger partial charge in [-0.2, -0.15) is 0 Å². The van der Waals surface area contributed by atoms with Crippen LogP contribution in [-0.2, 0) is 14.3 Å². The lowest BCUT2D eigenvalue weighted by Crippen LogP contribution is -2.49. The number of carboxylic acid groups (broad SMARTS) is 1. The van der Waals surface area contributed by atoms with Gasteiger partial charge in [-0.25, -0.2) is 4.79 Å². The highest BCUT2D eigenvalue weighted by molar-refractivity contribution is 6.27. The zero-order chi connectivity index (χ0) is 12.0. The minimum atomic E-state index is -1.73. The second-order valence-electron chi connectivity index (χ2n) is 6.28. The van der Waals surface area contributed by atoms with Crippen LogP contribution >= 0.6 is 0 Å². The van der Waals surface area contributed by atoms with Crippen molar-refractivity contribution < 1.29 is 19.4 Å². The first-order valence-corrected chi connectivity index (χ1v) is 6.44. The number of carbonyl (C=O) groups excluding carboxylic acids is 2. The van der Waals surface area contributed by atoms with Crippen molar-refractivity contribution in [3.8, 4) is 0 Å². The van der Waals surface area contributed by atoms with E-state index in [9.17, 15) is 14.7 Å². The van der Waals surface area contributed by atoms with Crippen LogP contribution in [0.3, 0.4) is 0 Å². The van der Waals surface area contributed by atoms with Gasteiger partial charge in [-0.1, -0.05) is 0 Å². The van der Waals surface area contributed by atoms with Gasteiger partial charge in [-0.05, 0) is 56.3 Å². The highest BCUT2D eigenvalue weighted by Crippen LogP contribution is 2.59. The van der Waals surface area contributed by atoms with Crippen LogP contribution in [0.5, 0.6) is 0 Å². The van der Waals surface area contributed by atoms with E-state index < -0.39 is 11.9 Å². The van der Waals surface area contributed by atoms with E-state index in [4.69, 9.17) is 4.74 Å². The van der Waals surface area contributed by atoms with Gasteiger partial charge in [0.2, 0.25) is 0 Å². The highest BCUT2D eigenvalue weighted by atomic mass is 16.6. The van der Waals surface area contributed by atoms with Crippen LogP contribution in [0.2, 0.25) is 0 Å². The van der Waals surface area contributed by atoms with Gasteiger partial charge in [0, 0.05) is 5.41 Å². The molecule has 4 aliphatic rings. The SMILES string of the molecule is O=C([O-])C(=O)OCC12CC3CC(CC(C3)C1)C2. The summed E-state index contributed by atoms with van der Waals surface area (Å²) in [5.41, 5.74) is 0.0832. The van der Waals surface area contributed by atoms with Crippen molar-refractivity contribution in [3.05, 3.63) is 0 Å². The number of carbonyl (C=O) groups is 2. The molecule has 0 aromatic heterocycles. The van der Waals surface area contributed by atoms with E-state index in [1.165, 1.54) is 19.3 Å². The van der Waals surface area contributed by atoms with Crippen molar-refractivity contribution in [3.63, 3.8) is 0 Å². The number of ether oxygens (including phenoxy) is 1. The van der Waals surface area contributed by atoms with Crippen molar-refractivity contribution in [2.24, 2.45) is 23.2 Å². The van der Waals surface area contributed by atoms with E-state index in [0.29, 0.717) is 0 Å². The Hall–Kier alpha value is -1.06. The predicted octanol–water partition coefficient (Wildman–Crippen LogP) is 0.496. The molecular weight excluding hydrogens is 220 g/mol. The molecule has 4 saturated carbocycles. The molecule has 0 spiro atoms. The lowest BCUT2D eigenvalue weighted by Gasteiger charge is -2.56. The third kappa shape index (κ3) is 1.94. The summed E-state index contributed by atoms with van der Waals surface area (Å²) in [6, 6.07) is 0. The minimum Gasteiger partial charge on any atom is -0.539 e. The second-order valence-corrected chi connectivity index (χ2v) is 6.28. The Morgan fingerprint density at radius 1 is 1.06 bits per heavy atom. The average Bonchev–Trinajstić information content (AvgIpc) is 2.24. The Morgan fingerprint density at radius 3 is 1.94 bits per heavy atom. The fourth-order valence-corrected chi connectivity index (χ4v) is 4.74. The van der Waals surface area contributed by atoms with Crippen molar-refractivity contribution in [1.82, 2.24) is 0 Å². The number of aliphatic carboxylic acids is 1. The lowest BCUT2D eigenvalue weighted by atomic mass is 9.50. The Labute approximate surface area is 100 Å². The molecule has 4 fully saturated rings. The van der Waals surface area contributed by atoms with Crippen molar-refractivity contribution in [2.45, 2.75) is 38.5 Å². The van der Waals surface area contributed by atoms with Crippen LogP contribution in [-0.4, -0.2) is 18.5 Å². The number of rotatable bonds is 2. The summed E-state index contributed by atoms with van der Waals surface area (Å²) in [5.74, 6) is -0.593. The Bertz CT molecular complexity index is 325. The molecule has 0 amide bonds. The second kappa shape index (κ2) is 3.72. The molecule has 4 bridgehead atoms. The summed E-state index contributed by atoms with van der Waals surface area (Å²) >= 11 is 0. The maximum Gasteiger partial charge on any atom is 0.354 e. The molecule has 0 radical (unpaired) electrons. The quantitative estimate of drug-likeness (QED) is 0.518. The zero-order valence-electron chi connectivity index (χ0n) is 9.81. The van der Waals surface area contributed by atoms with E-state index >= 15 is 0 Å². The number of hydrogen-bond donors (Lipinski definition) is 0. The van der Waals surface area contributed by atoms with Crippen LogP contribution < -0.4 is 5.11 Å². The molecule has 4 rings (SSSR count). The Balaban J connectivity index is 1.66. The van der Waals surface area contributed by atoms with Crippen LogP contribution in [0.25, 0.3) is 0 Å². The normalized spacial score (nSPS) is 42.5. The molecule has 0 N–H and O–H groups in total. The number of carboxylic acids is 1. The van der Waals surface area contributed by atoms with E-state index in [-0.39, 0.29) is 12.0 Å². The van der Waals surface area contributed by atoms with Crippen molar-refractivity contribution in [2.75, 3.05) is 6.61 Å². The van der Waals surface area contributed by atoms with E-state index in [2.05, 4.69) is 0 Å². The van der Waals surface area contributed by atoms with Gasteiger partial charge in [0.25, 0.3) is 0 Å². The van der Waals surface area contributed by atoms with E-state index in [1.54, 1.807) is 0 Å². The summed E-state index contributed by atoms with van der Waals surface area (Å²) in [5, 5.41) is 10.3. The summed E-state index contributed by atoms with van der Waals surface area (Å²) in [6.07, 6.45) is 7.31. The maximum atomic E-state index is 11.0. The third-order valence-corrected chi connectivity index (χ3v) is 4.84. The fraction of sp³-hybridized carbons (Fsp3) is 0.846. The number of esters is 1. The van der Waals surface area contributed by atoms with E-state index in [0.717, 1.165) is 37.0 Å². The lowest BCUT2D eigenvalue weighted by molar-refractivity contribution is -0.304. The molecule has 0 atom stereocenters. The standard InChI is InChI=1S/C13H18O4/c14-11(15)12(16)17-7-13-4-8-1-9(5-13)3-10(2-8)6-13/h8-10H,1-7H2,(H,14,15)/p-1. The van der Waals surface area contributed by atoms with Crippen LogP contribution in [0.1, 0.15) is 38.5 Å². The third-order valence-electron chi connectivity index (χ3n) is 4.84. The largest absolute Gasteiger partial charge is 0.539 e. The summed E-state index contributed by atoms with van der Waals surface area (Å²) in [6.45, 7) is 0.281. The first-order chi connectivity index (χ1) is 8.06. The van der Waals surface area contributed by atoms with Crippen LogP contribution in [0, 0.1) is 23.2 Å². The molecule has 94 valence electrons. The zero-order valence-corrected chi connectivity index (χ0v) is 9.81. The Morgan fingerprint density at radius 2 is 1.53 bits per heavy atom. The van der Waals surface area contributed by atoms with Gasteiger partial charge in [0.1, 0.15) is 0 Å². The van der Waals surface area contributed by atoms with Gasteiger partial charge in [-0.3, -0.25) is 0 Å². The van der Waals surface area contributed by atoms with Gasteiger partial charge in [-0.15, -0.1) is 0 Å². The summed E-state index contributed by atoms with van der Waals surface area (Å²) in [4.78, 5) is 21.3. The van der Waals surface area contributed by atoms with Crippen LogP contribution in [0.4, 0.5) is 0 Å². The molecular formula is C13H17O4-. The monoisotopic (exact) mass is 237 g/mol. The van der Waals surface area contributed by atoms with Crippen molar-refractivity contribution in [1.29, 1.82) is 0 Å². The average molecular weight is 237 g/mol. The van der Waals surface area contributed by atoms with Gasteiger partial charge in [0.15, 0.2) is 5.97 Å². The first kappa shape index (κ1) is 11.1. The Kier molecular flexibility index (Phi) is 2.42. The van der Waals surface area contributed by atoms with Crippen LogP contribution in [0.15, 0.2) is 0 Å². The molecule has 0 aromatic carbocycles. The molecule has 0 aliphatic heterocycles. The van der Waals surface area contributed by atoms with Gasteiger partial charge >= 0.3 is 5.97 Å². The fourth-order valence-electron chi connectivity index (χ4n) is 4.74. The topological polar surface area (TPSA) is 66.4 Å². The predicted molar refractivity (Wildman–Crippen MR) is 56.6 cm³/mol. The summed E-state index contributed by atoms with van der Waals surface area (Å²) < 4.78 is 4.89. The van der Waals surface area contributed by atoms with Crippen molar-refractivity contribution >= 4 is 11.9 Å². The minimum absolute atomic E-state index is 0.0832. The molecule has 0 unspecified atom stereocenters. The number of hydrogen-bond acceptors (Lipinski definition) is 4. The molecule has 4 heteroatoms. The molecule has 4 aliphatic carbocycles. The molecule has 0 heterocycles. The smallest absolute Gasteiger partial charge is 0.354 e. The molecule has 17 heavy (non-hydrogen) atoms. The molecule has 4 nitrogen and oxygen atoms in total. The summed E-state index contributed by atoms with van der Waals surface area (Å²) in [7, 11) is 0. The van der Waals surface area contributed by atoms with Gasteiger partial charge < -0.3 is 14.6 Å². The van der Waals surface area contributed by atoms with Gasteiger partial charge in [0.05, 0.1) is 6.61 Å². The molecule has 0 aromatic rings. The first-order valence-electron chi connectivity index (χ1n) is 6.44. The highest BCUT2D eigenvalue weighted by Gasteiger charge is 2.51. The maximum absolute atomic E-state index is 11.0.